The summed E-state index contributed by atoms with van der Waals surface area (Å²) in [4.78, 5) is 18.4. The first-order chi connectivity index (χ1) is 9.72. The first kappa shape index (κ1) is 15.1. The molecule has 1 aromatic rings. The number of amides is 1. The van der Waals surface area contributed by atoms with E-state index in [1.165, 1.54) is 6.07 Å². The average Bonchev–Trinajstić information content (AvgIpc) is 2.74. The number of thioether (sulfide) groups is 1. The van der Waals surface area contributed by atoms with Crippen LogP contribution >= 0.6 is 11.8 Å². The third kappa shape index (κ3) is 3.85. The number of hydrogen-bond acceptors (Lipinski definition) is 4. The van der Waals surface area contributed by atoms with E-state index in [1.807, 2.05) is 18.7 Å². The molecule has 0 aliphatic carbocycles. The van der Waals surface area contributed by atoms with Crippen molar-refractivity contribution in [1.29, 1.82) is 0 Å². The van der Waals surface area contributed by atoms with Crippen molar-refractivity contribution in [1.82, 2.24) is 9.88 Å². The molecule has 1 N–H and O–H groups in total. The molecule has 4 nitrogen and oxygen atoms in total. The topological polar surface area (TPSA) is 45.2 Å². The highest BCUT2D eigenvalue weighted by atomic mass is 32.2. The Kier molecular flexibility index (Phi) is 5.64. The number of carbonyl (C=O) groups is 1. The van der Waals surface area contributed by atoms with Crippen LogP contribution in [0.4, 0.5) is 10.2 Å². The number of aromatic nitrogens is 1. The Bertz CT molecular complexity index is 462. The number of carbonyl (C=O) groups excluding carboxylic acids is 1. The summed E-state index contributed by atoms with van der Waals surface area (Å²) < 4.78 is 13.4. The fourth-order valence-electron chi connectivity index (χ4n) is 2.11. The van der Waals surface area contributed by atoms with Crippen molar-refractivity contribution in [2.24, 2.45) is 0 Å². The van der Waals surface area contributed by atoms with Gasteiger partial charge in [-0.25, -0.2) is 9.37 Å². The Morgan fingerprint density at radius 3 is 3.15 bits per heavy atom. The van der Waals surface area contributed by atoms with E-state index < -0.39 is 5.82 Å². The van der Waals surface area contributed by atoms with Gasteiger partial charge in [0.2, 0.25) is 0 Å². The van der Waals surface area contributed by atoms with E-state index in [1.54, 1.807) is 4.90 Å². The Balaban J connectivity index is 2.20. The molecule has 1 aliphatic rings. The molecule has 20 heavy (non-hydrogen) atoms. The van der Waals surface area contributed by atoms with E-state index in [2.05, 4.69) is 10.3 Å². The molecule has 2 rings (SSSR count). The van der Waals surface area contributed by atoms with Gasteiger partial charge in [-0.2, -0.15) is 11.8 Å². The standard InChI is InChI=1S/C14H20FN3OS/c1-2-4-16-13-12(9-11(15)10-17-13)14(19)18-5-3-7-20-8-6-18/h9-10H,2-8H2,1H3,(H,16,17). The second-order valence-corrected chi connectivity index (χ2v) is 5.96. The van der Waals surface area contributed by atoms with Crippen LogP contribution in [0.15, 0.2) is 12.3 Å². The van der Waals surface area contributed by atoms with Gasteiger partial charge in [-0.15, -0.1) is 0 Å². The van der Waals surface area contributed by atoms with Crippen LogP contribution in [0.1, 0.15) is 30.1 Å². The smallest absolute Gasteiger partial charge is 0.257 e. The van der Waals surface area contributed by atoms with Gasteiger partial charge in [0, 0.05) is 25.4 Å². The molecule has 1 amide bonds. The summed E-state index contributed by atoms with van der Waals surface area (Å²) in [5, 5.41) is 3.10. The molecule has 2 heterocycles. The molecule has 0 atom stereocenters. The predicted molar refractivity (Wildman–Crippen MR) is 80.8 cm³/mol. The largest absolute Gasteiger partial charge is 0.369 e. The van der Waals surface area contributed by atoms with Crippen LogP contribution in [-0.4, -0.2) is 46.9 Å². The Labute approximate surface area is 123 Å². The molecule has 0 radical (unpaired) electrons. The molecule has 0 aromatic carbocycles. The van der Waals surface area contributed by atoms with Gasteiger partial charge in [-0.1, -0.05) is 6.92 Å². The number of pyridine rings is 1. The summed E-state index contributed by atoms with van der Waals surface area (Å²) in [7, 11) is 0. The van der Waals surface area contributed by atoms with Crippen LogP contribution in [0.2, 0.25) is 0 Å². The predicted octanol–water partition coefficient (Wildman–Crippen LogP) is 2.62. The normalized spacial score (nSPS) is 15.8. The van der Waals surface area contributed by atoms with Crippen molar-refractivity contribution >= 4 is 23.5 Å². The van der Waals surface area contributed by atoms with E-state index >= 15 is 0 Å². The molecule has 0 bridgehead atoms. The highest BCUT2D eigenvalue weighted by Crippen LogP contribution is 2.19. The summed E-state index contributed by atoms with van der Waals surface area (Å²) in [5.74, 6) is 1.89. The fourth-order valence-corrected chi connectivity index (χ4v) is 2.99. The van der Waals surface area contributed by atoms with Crippen molar-refractivity contribution in [2.45, 2.75) is 19.8 Å². The van der Waals surface area contributed by atoms with E-state index in [0.29, 0.717) is 17.9 Å². The maximum Gasteiger partial charge on any atom is 0.257 e. The van der Waals surface area contributed by atoms with Crippen LogP contribution in [0.5, 0.6) is 0 Å². The van der Waals surface area contributed by atoms with Gasteiger partial charge in [-0.05, 0) is 24.7 Å². The van der Waals surface area contributed by atoms with Crippen molar-refractivity contribution in [2.75, 3.05) is 36.5 Å². The van der Waals surface area contributed by atoms with E-state index in [-0.39, 0.29) is 5.91 Å². The summed E-state index contributed by atoms with van der Waals surface area (Å²) in [6.45, 7) is 4.20. The number of nitrogens with one attached hydrogen (secondary N) is 1. The highest BCUT2D eigenvalue weighted by Gasteiger charge is 2.21. The lowest BCUT2D eigenvalue weighted by molar-refractivity contribution is 0.0768. The third-order valence-corrected chi connectivity index (χ3v) is 4.19. The zero-order valence-electron chi connectivity index (χ0n) is 11.7. The van der Waals surface area contributed by atoms with Crippen LogP contribution in [0.3, 0.4) is 0 Å². The summed E-state index contributed by atoms with van der Waals surface area (Å²) in [6.07, 6.45) is 3.05. The molecule has 6 heteroatoms. The van der Waals surface area contributed by atoms with Crippen molar-refractivity contribution in [3.05, 3.63) is 23.6 Å². The minimum Gasteiger partial charge on any atom is -0.369 e. The highest BCUT2D eigenvalue weighted by molar-refractivity contribution is 7.99. The molecule has 0 unspecified atom stereocenters. The number of rotatable bonds is 4. The first-order valence-corrected chi connectivity index (χ1v) is 8.14. The maximum atomic E-state index is 13.4. The van der Waals surface area contributed by atoms with Gasteiger partial charge in [0.15, 0.2) is 0 Å². The quantitative estimate of drug-likeness (QED) is 0.928. The number of halogens is 1. The Hall–Kier alpha value is -1.30. The molecular weight excluding hydrogens is 277 g/mol. The molecule has 1 aliphatic heterocycles. The van der Waals surface area contributed by atoms with Crippen LogP contribution < -0.4 is 5.32 Å². The second kappa shape index (κ2) is 7.47. The first-order valence-electron chi connectivity index (χ1n) is 6.99. The lowest BCUT2D eigenvalue weighted by Crippen LogP contribution is -2.33. The van der Waals surface area contributed by atoms with E-state index in [9.17, 15) is 9.18 Å². The molecule has 1 saturated heterocycles. The van der Waals surface area contributed by atoms with Gasteiger partial charge >= 0.3 is 0 Å². The van der Waals surface area contributed by atoms with Crippen molar-refractivity contribution in [3.63, 3.8) is 0 Å². The molecule has 0 saturated carbocycles. The molecular formula is C14H20FN3OS. The Morgan fingerprint density at radius 1 is 1.50 bits per heavy atom. The summed E-state index contributed by atoms with van der Waals surface area (Å²) in [6, 6.07) is 1.28. The molecule has 1 fully saturated rings. The van der Waals surface area contributed by atoms with Gasteiger partial charge in [0.05, 0.1) is 11.8 Å². The lowest BCUT2D eigenvalue weighted by atomic mass is 10.2. The molecule has 110 valence electrons. The van der Waals surface area contributed by atoms with Gasteiger partial charge < -0.3 is 10.2 Å². The molecule has 1 aromatic heterocycles. The van der Waals surface area contributed by atoms with Crippen LogP contribution in [0.25, 0.3) is 0 Å². The minimum absolute atomic E-state index is 0.127. The van der Waals surface area contributed by atoms with Crippen LogP contribution in [0, 0.1) is 5.82 Å². The van der Waals surface area contributed by atoms with Crippen molar-refractivity contribution < 1.29 is 9.18 Å². The fraction of sp³-hybridized carbons (Fsp3) is 0.571. The van der Waals surface area contributed by atoms with Crippen molar-refractivity contribution in [3.8, 4) is 0 Å². The minimum atomic E-state index is -0.473. The van der Waals surface area contributed by atoms with E-state index in [4.69, 9.17) is 0 Å². The zero-order chi connectivity index (χ0) is 14.4. The average molecular weight is 297 g/mol. The number of anilines is 1. The second-order valence-electron chi connectivity index (χ2n) is 4.73. The zero-order valence-corrected chi connectivity index (χ0v) is 12.5. The third-order valence-electron chi connectivity index (χ3n) is 3.14. The summed E-state index contributed by atoms with van der Waals surface area (Å²) >= 11 is 1.85. The Morgan fingerprint density at radius 2 is 2.35 bits per heavy atom. The molecule has 0 spiro atoms. The summed E-state index contributed by atoms with van der Waals surface area (Å²) in [5.41, 5.74) is 0.338. The van der Waals surface area contributed by atoms with E-state index in [0.717, 1.165) is 43.6 Å². The monoisotopic (exact) mass is 297 g/mol. The number of hydrogen-bond donors (Lipinski definition) is 1. The lowest BCUT2D eigenvalue weighted by Gasteiger charge is -2.21. The van der Waals surface area contributed by atoms with Gasteiger partial charge in [0.1, 0.15) is 11.6 Å². The SMILES string of the molecule is CCCNc1ncc(F)cc1C(=O)N1CCCSCC1. The van der Waals surface area contributed by atoms with Gasteiger partial charge in [-0.3, -0.25) is 4.79 Å². The van der Waals surface area contributed by atoms with Crippen LogP contribution in [-0.2, 0) is 0 Å². The maximum absolute atomic E-state index is 13.4. The van der Waals surface area contributed by atoms with Gasteiger partial charge in [0.25, 0.3) is 5.91 Å². The number of nitrogens with zero attached hydrogens (tertiary/aromatic N) is 2.